The number of rotatable bonds is 18. The molecule has 6 heterocycles. The van der Waals surface area contributed by atoms with Gasteiger partial charge in [0.1, 0.15) is 0 Å². The molecule has 3 aromatic carbocycles. The van der Waals surface area contributed by atoms with Crippen molar-refractivity contribution in [3.05, 3.63) is 104 Å². The third-order valence-corrected chi connectivity index (χ3v) is 16.7. The first-order valence-corrected chi connectivity index (χ1v) is 24.3. The van der Waals surface area contributed by atoms with Crippen LogP contribution in [-0.4, -0.2) is 77.4 Å². The number of aliphatic carboxylic acids is 3. The van der Waals surface area contributed by atoms with Crippen molar-refractivity contribution in [1.29, 1.82) is 0 Å². The van der Waals surface area contributed by atoms with E-state index in [1.54, 1.807) is 34.0 Å². The Morgan fingerprint density at radius 2 is 0.836 bits per heavy atom. The van der Waals surface area contributed by atoms with Crippen molar-refractivity contribution in [3.8, 4) is 0 Å². The predicted molar refractivity (Wildman–Crippen MR) is 246 cm³/mol. The minimum atomic E-state index is -0.731. The molecule has 0 aliphatic carbocycles. The Balaban J connectivity index is 1.03. The van der Waals surface area contributed by atoms with Gasteiger partial charge in [0.25, 0.3) is 0 Å². The number of carboxylic acid groups (broad SMARTS) is 3. The van der Waals surface area contributed by atoms with Crippen molar-refractivity contribution in [2.45, 2.75) is 58.2 Å². The summed E-state index contributed by atoms with van der Waals surface area (Å²) in [4.78, 5) is 39.8. The molecule has 13 heteroatoms. The number of hydrogen-bond acceptors (Lipinski definition) is 10. The van der Waals surface area contributed by atoms with Gasteiger partial charge in [-0.3, -0.25) is 19.3 Å². The van der Waals surface area contributed by atoms with Crippen LogP contribution < -0.4 is 16.0 Å². The van der Waals surface area contributed by atoms with E-state index in [1.807, 2.05) is 0 Å². The fourth-order valence-corrected chi connectivity index (χ4v) is 13.0. The average Bonchev–Trinajstić information content (AvgIpc) is 4.12. The first-order valence-electron chi connectivity index (χ1n) is 21.7. The Labute approximate surface area is 368 Å². The van der Waals surface area contributed by atoms with Gasteiger partial charge in [0.2, 0.25) is 0 Å². The highest BCUT2D eigenvalue weighted by molar-refractivity contribution is 7.18. The van der Waals surface area contributed by atoms with E-state index in [2.05, 4.69) is 91.6 Å². The molecule has 0 amide bonds. The molecule has 0 saturated carbocycles. The molecule has 3 aromatic heterocycles. The first-order chi connectivity index (χ1) is 29.7. The van der Waals surface area contributed by atoms with E-state index in [1.165, 1.54) is 46.9 Å². The molecule has 6 aromatic rings. The molecule has 3 aliphatic heterocycles. The number of carbonyl (C=O) groups is 3. The number of fused-ring (bicyclic) bond motifs is 3. The number of thiophene rings is 3. The molecule has 10 nitrogen and oxygen atoms in total. The normalized spacial score (nSPS) is 20.9. The highest BCUT2D eigenvalue weighted by Gasteiger charge is 2.33. The topological polar surface area (TPSA) is 151 Å². The summed E-state index contributed by atoms with van der Waals surface area (Å²) in [6.45, 7) is 6.85. The van der Waals surface area contributed by atoms with Crippen LogP contribution in [0, 0.1) is 35.5 Å². The van der Waals surface area contributed by atoms with Crippen LogP contribution in [-0.2, 0) is 53.3 Å². The van der Waals surface area contributed by atoms with E-state index >= 15 is 0 Å². The lowest BCUT2D eigenvalue weighted by Gasteiger charge is -2.23. The third-order valence-electron chi connectivity index (χ3n) is 13.7. The van der Waals surface area contributed by atoms with Crippen molar-refractivity contribution >= 4 is 82.2 Å². The van der Waals surface area contributed by atoms with Crippen LogP contribution in [0.4, 0.5) is 0 Å². The summed E-state index contributed by atoms with van der Waals surface area (Å²) in [5, 5.41) is 50.9. The van der Waals surface area contributed by atoms with E-state index in [4.69, 9.17) is 0 Å². The standard InChI is InChI=1S/C48H54N4O6S3/c53-46(54)40(31-7-10-49-19-31)16-28-1-4-43-37(13-28)34(25-59-43)22-52(23-35-26-60-44-5-2-29(14-38(35)44)17-41(47(55)56)32-8-11-50-20-32)24-36-27-61-45-6-3-30(15-39(36)45)18-42(48(57)58)33-9-12-51-21-33/h1-6,13-15,25-27,31-33,40-42,49-51H,7-12,16-24H2,(H,53,54)(H,55,56)(H,57,58). The summed E-state index contributed by atoms with van der Waals surface area (Å²) in [6.07, 6.45) is 4.15. The molecule has 3 aliphatic rings. The lowest BCUT2D eigenvalue weighted by molar-refractivity contribution is -0.144. The Kier molecular flexibility index (Phi) is 12.9. The van der Waals surface area contributed by atoms with Gasteiger partial charge in [-0.2, -0.15) is 0 Å². The summed E-state index contributed by atoms with van der Waals surface area (Å²) >= 11 is 5.17. The van der Waals surface area contributed by atoms with Gasteiger partial charge in [-0.1, -0.05) is 18.2 Å². The van der Waals surface area contributed by atoms with E-state index in [0.717, 1.165) is 75.2 Å². The molecule has 9 rings (SSSR count). The Hall–Kier alpha value is -4.21. The fraction of sp³-hybridized carbons (Fsp3) is 0.438. The van der Waals surface area contributed by atoms with Crippen LogP contribution in [0.15, 0.2) is 70.7 Å². The molecule has 0 spiro atoms. The predicted octanol–water partition coefficient (Wildman–Crippen LogP) is 8.09. The van der Waals surface area contributed by atoms with Crippen molar-refractivity contribution in [2.24, 2.45) is 35.5 Å². The van der Waals surface area contributed by atoms with Gasteiger partial charge < -0.3 is 31.3 Å². The van der Waals surface area contributed by atoms with Crippen LogP contribution >= 0.6 is 34.0 Å². The summed E-state index contributed by atoms with van der Waals surface area (Å²) in [7, 11) is 0. The van der Waals surface area contributed by atoms with E-state index in [0.29, 0.717) is 38.9 Å². The van der Waals surface area contributed by atoms with Crippen molar-refractivity contribution < 1.29 is 29.7 Å². The van der Waals surface area contributed by atoms with Gasteiger partial charge >= 0.3 is 17.9 Å². The Bertz CT molecular complexity index is 2250. The largest absolute Gasteiger partial charge is 0.481 e. The minimum absolute atomic E-state index is 0.122. The Morgan fingerprint density at radius 3 is 1.10 bits per heavy atom. The fourth-order valence-electron chi connectivity index (χ4n) is 10.2. The summed E-state index contributed by atoms with van der Waals surface area (Å²) < 4.78 is 3.54. The maximum Gasteiger partial charge on any atom is 0.307 e. The molecule has 6 atom stereocenters. The van der Waals surface area contributed by atoms with Gasteiger partial charge in [0.15, 0.2) is 0 Å². The van der Waals surface area contributed by atoms with Gasteiger partial charge in [-0.15, -0.1) is 34.0 Å². The number of hydrogen-bond donors (Lipinski definition) is 6. The molecule has 3 saturated heterocycles. The highest BCUT2D eigenvalue weighted by Crippen LogP contribution is 2.36. The number of nitrogens with one attached hydrogen (secondary N) is 3. The quantitative estimate of drug-likeness (QED) is 0.0500. The lowest BCUT2D eigenvalue weighted by atomic mass is 9.86. The summed E-state index contributed by atoms with van der Waals surface area (Å²) in [5.41, 5.74) is 6.77. The molecular formula is C48H54N4O6S3. The number of benzene rings is 3. The SMILES string of the molecule is O=C(O)C(Cc1ccc2scc(CN(Cc3csc4ccc(CC(C(=O)O)C5CCNC5)cc34)Cc3csc4ccc(CC(C(=O)O)C5CCNC5)cc34)c2c1)C1CCNC1. The average molecular weight is 879 g/mol. The zero-order valence-electron chi connectivity index (χ0n) is 34.2. The van der Waals surface area contributed by atoms with Crippen LogP contribution in [0.1, 0.15) is 52.6 Å². The van der Waals surface area contributed by atoms with Gasteiger partial charge in [0.05, 0.1) is 17.8 Å². The maximum atomic E-state index is 12.4. The maximum absolute atomic E-state index is 12.4. The van der Waals surface area contributed by atoms with Crippen LogP contribution in [0.25, 0.3) is 30.3 Å². The molecule has 0 radical (unpaired) electrons. The molecule has 6 unspecified atom stereocenters. The molecule has 320 valence electrons. The minimum Gasteiger partial charge on any atom is -0.481 e. The molecule has 3 fully saturated rings. The molecular weight excluding hydrogens is 825 g/mol. The smallest absolute Gasteiger partial charge is 0.307 e. The van der Waals surface area contributed by atoms with E-state index < -0.39 is 35.7 Å². The van der Waals surface area contributed by atoms with Gasteiger partial charge in [0, 0.05) is 33.7 Å². The van der Waals surface area contributed by atoms with Gasteiger partial charge in [-0.25, -0.2) is 0 Å². The zero-order chi connectivity index (χ0) is 42.0. The summed E-state index contributed by atoms with van der Waals surface area (Å²) in [5.74, 6) is -3.11. The summed E-state index contributed by atoms with van der Waals surface area (Å²) in [6, 6.07) is 19.4. The second kappa shape index (κ2) is 18.6. The molecule has 61 heavy (non-hydrogen) atoms. The highest BCUT2D eigenvalue weighted by atomic mass is 32.1. The third kappa shape index (κ3) is 9.44. The van der Waals surface area contributed by atoms with Crippen LogP contribution in [0.3, 0.4) is 0 Å². The number of carboxylic acids is 3. The first kappa shape index (κ1) is 42.1. The van der Waals surface area contributed by atoms with Crippen molar-refractivity contribution in [2.75, 3.05) is 39.3 Å². The lowest BCUT2D eigenvalue weighted by Crippen LogP contribution is -2.27. The second-order valence-corrected chi connectivity index (χ2v) is 20.4. The van der Waals surface area contributed by atoms with Crippen LogP contribution in [0.2, 0.25) is 0 Å². The van der Waals surface area contributed by atoms with E-state index in [9.17, 15) is 29.7 Å². The Morgan fingerprint density at radius 1 is 0.525 bits per heavy atom. The van der Waals surface area contributed by atoms with E-state index in [-0.39, 0.29) is 17.8 Å². The molecule has 0 bridgehead atoms. The zero-order valence-corrected chi connectivity index (χ0v) is 36.7. The van der Waals surface area contributed by atoms with Crippen molar-refractivity contribution in [1.82, 2.24) is 20.9 Å². The second-order valence-electron chi connectivity index (χ2n) is 17.6. The van der Waals surface area contributed by atoms with Gasteiger partial charge in [-0.05, 0) is 198 Å². The van der Waals surface area contributed by atoms with Crippen molar-refractivity contribution in [3.63, 3.8) is 0 Å². The number of nitrogens with zero attached hydrogens (tertiary/aromatic N) is 1. The van der Waals surface area contributed by atoms with Crippen LogP contribution in [0.5, 0.6) is 0 Å². The molecule has 6 N–H and O–H groups in total. The monoisotopic (exact) mass is 878 g/mol.